The predicted molar refractivity (Wildman–Crippen MR) is 124 cm³/mol. The number of anilines is 1. The highest BCUT2D eigenvalue weighted by atomic mass is 35.5. The average Bonchev–Trinajstić information content (AvgIpc) is 3.20. The molecule has 2 aromatic carbocycles. The fraction of sp³-hybridized carbons (Fsp3) is 0.136. The van der Waals surface area contributed by atoms with Crippen LogP contribution in [-0.2, 0) is 11.3 Å². The lowest BCUT2D eigenvalue weighted by Crippen LogP contribution is -2.31. The Kier molecular flexibility index (Phi) is 6.52. The number of fused-ring (bicyclic) bond motifs is 1. The normalized spacial score (nSPS) is 10.9. The van der Waals surface area contributed by atoms with E-state index in [1.54, 1.807) is 24.4 Å². The third-order valence-electron chi connectivity index (χ3n) is 4.36. The van der Waals surface area contributed by atoms with E-state index in [-0.39, 0.29) is 5.91 Å². The molecular weight excluding hydrogens is 438 g/mol. The van der Waals surface area contributed by atoms with E-state index in [2.05, 4.69) is 4.98 Å². The SMILES string of the molecule is COc1ccc2nc(N(Cc3cccnc3)C(=O)CSc3ccc(Cl)cc3)sc2c1. The molecule has 2 heterocycles. The number of hydrogen-bond acceptors (Lipinski definition) is 6. The molecule has 4 aromatic rings. The Morgan fingerprint density at radius 1 is 1.20 bits per heavy atom. The van der Waals surface area contributed by atoms with Gasteiger partial charge in [0, 0.05) is 22.3 Å². The zero-order chi connectivity index (χ0) is 20.9. The maximum Gasteiger partial charge on any atom is 0.239 e. The number of hydrogen-bond donors (Lipinski definition) is 0. The molecule has 0 fully saturated rings. The van der Waals surface area contributed by atoms with Gasteiger partial charge < -0.3 is 4.74 Å². The third kappa shape index (κ3) is 4.92. The van der Waals surface area contributed by atoms with Crippen LogP contribution in [-0.4, -0.2) is 28.7 Å². The zero-order valence-electron chi connectivity index (χ0n) is 16.1. The summed E-state index contributed by atoms with van der Waals surface area (Å²) in [4.78, 5) is 24.8. The Balaban J connectivity index is 1.60. The third-order valence-corrected chi connectivity index (χ3v) is 6.65. The van der Waals surface area contributed by atoms with Crippen LogP contribution in [0.1, 0.15) is 5.56 Å². The number of aromatic nitrogens is 2. The van der Waals surface area contributed by atoms with Gasteiger partial charge in [0.15, 0.2) is 5.13 Å². The van der Waals surface area contributed by atoms with Crippen molar-refractivity contribution in [3.8, 4) is 5.75 Å². The number of ether oxygens (including phenoxy) is 1. The van der Waals surface area contributed by atoms with Crippen molar-refractivity contribution in [3.63, 3.8) is 0 Å². The molecule has 1 amide bonds. The molecule has 4 rings (SSSR count). The molecule has 0 atom stereocenters. The number of halogens is 1. The lowest BCUT2D eigenvalue weighted by atomic mass is 10.2. The first-order valence-electron chi connectivity index (χ1n) is 9.14. The first kappa shape index (κ1) is 20.7. The molecule has 0 saturated heterocycles. The molecule has 2 aromatic heterocycles. The molecule has 0 radical (unpaired) electrons. The number of thioether (sulfide) groups is 1. The van der Waals surface area contributed by atoms with Crippen LogP contribution >= 0.6 is 34.7 Å². The molecule has 8 heteroatoms. The molecule has 0 bridgehead atoms. The predicted octanol–water partition coefficient (Wildman–Crippen LogP) is 5.68. The van der Waals surface area contributed by atoms with Gasteiger partial charge in [0.25, 0.3) is 0 Å². The summed E-state index contributed by atoms with van der Waals surface area (Å²) in [5.41, 5.74) is 1.78. The van der Waals surface area contributed by atoms with Crippen molar-refractivity contribution in [2.45, 2.75) is 11.4 Å². The van der Waals surface area contributed by atoms with E-state index in [1.165, 1.54) is 23.1 Å². The number of nitrogens with zero attached hydrogens (tertiary/aromatic N) is 3. The lowest BCUT2D eigenvalue weighted by Gasteiger charge is -2.19. The van der Waals surface area contributed by atoms with Crippen molar-refractivity contribution in [2.24, 2.45) is 0 Å². The highest BCUT2D eigenvalue weighted by Gasteiger charge is 2.21. The summed E-state index contributed by atoms with van der Waals surface area (Å²) in [6.07, 6.45) is 3.49. The van der Waals surface area contributed by atoms with Crippen molar-refractivity contribution < 1.29 is 9.53 Å². The van der Waals surface area contributed by atoms with E-state index >= 15 is 0 Å². The van der Waals surface area contributed by atoms with Crippen molar-refractivity contribution in [1.29, 1.82) is 0 Å². The van der Waals surface area contributed by atoms with E-state index < -0.39 is 0 Å². The standard InChI is InChI=1S/C22H18ClN3O2S2/c1-28-17-6-9-19-20(11-17)30-22(25-19)26(13-15-3-2-10-24-12-15)21(27)14-29-18-7-4-16(23)5-8-18/h2-12H,13-14H2,1H3. The number of methoxy groups -OCH3 is 1. The second kappa shape index (κ2) is 9.47. The average molecular weight is 456 g/mol. The number of benzene rings is 2. The Hall–Kier alpha value is -2.61. The molecule has 0 unspecified atom stereocenters. The summed E-state index contributed by atoms with van der Waals surface area (Å²) in [5.74, 6) is 1.03. The Morgan fingerprint density at radius 3 is 2.77 bits per heavy atom. The summed E-state index contributed by atoms with van der Waals surface area (Å²) >= 11 is 8.90. The molecule has 0 aliphatic rings. The van der Waals surface area contributed by atoms with Gasteiger partial charge in [0.2, 0.25) is 5.91 Å². The van der Waals surface area contributed by atoms with E-state index in [1.807, 2.05) is 54.6 Å². The minimum atomic E-state index is -0.0233. The topological polar surface area (TPSA) is 55.3 Å². The first-order valence-corrected chi connectivity index (χ1v) is 11.3. The van der Waals surface area contributed by atoms with Gasteiger partial charge in [-0.05, 0) is 54.1 Å². The molecule has 0 N–H and O–H groups in total. The van der Waals surface area contributed by atoms with Gasteiger partial charge in [-0.25, -0.2) is 4.98 Å². The fourth-order valence-corrected chi connectivity index (χ4v) is 4.74. The van der Waals surface area contributed by atoms with Crippen LogP contribution in [0.5, 0.6) is 5.75 Å². The van der Waals surface area contributed by atoms with Crippen LogP contribution in [0.15, 0.2) is 71.9 Å². The van der Waals surface area contributed by atoms with Crippen LogP contribution in [0.3, 0.4) is 0 Å². The second-order valence-corrected chi connectivity index (χ2v) is 8.91. The monoisotopic (exact) mass is 455 g/mol. The summed E-state index contributed by atoms with van der Waals surface area (Å²) in [7, 11) is 1.63. The molecule has 0 spiro atoms. The number of carbonyl (C=O) groups is 1. The van der Waals surface area contributed by atoms with Crippen molar-refractivity contribution in [1.82, 2.24) is 9.97 Å². The van der Waals surface area contributed by atoms with E-state index in [9.17, 15) is 4.79 Å². The molecular formula is C22H18ClN3O2S2. The largest absolute Gasteiger partial charge is 0.497 e. The number of rotatable bonds is 7. The Bertz CT molecular complexity index is 1150. The van der Waals surface area contributed by atoms with Gasteiger partial charge in [0.1, 0.15) is 5.75 Å². The van der Waals surface area contributed by atoms with Crippen molar-refractivity contribution in [2.75, 3.05) is 17.8 Å². The number of carbonyl (C=O) groups excluding carboxylic acids is 1. The Labute approximate surface area is 187 Å². The van der Waals surface area contributed by atoms with Crippen molar-refractivity contribution in [3.05, 3.63) is 77.6 Å². The first-order chi connectivity index (χ1) is 14.6. The summed E-state index contributed by atoms with van der Waals surface area (Å²) in [5, 5.41) is 1.33. The van der Waals surface area contributed by atoms with Gasteiger partial charge in [-0.3, -0.25) is 14.7 Å². The fourth-order valence-electron chi connectivity index (χ4n) is 2.83. The maximum absolute atomic E-state index is 13.2. The van der Waals surface area contributed by atoms with Crippen LogP contribution in [0, 0.1) is 0 Å². The molecule has 152 valence electrons. The maximum atomic E-state index is 13.2. The van der Waals surface area contributed by atoms with E-state index in [4.69, 9.17) is 21.3 Å². The van der Waals surface area contributed by atoms with E-state index in [0.29, 0.717) is 22.5 Å². The molecule has 5 nitrogen and oxygen atoms in total. The minimum absolute atomic E-state index is 0.0233. The van der Waals surface area contributed by atoms with Gasteiger partial charge in [-0.1, -0.05) is 29.0 Å². The molecule has 0 saturated carbocycles. The molecule has 0 aliphatic heterocycles. The van der Waals surface area contributed by atoms with Gasteiger partial charge in [-0.2, -0.15) is 0 Å². The number of amides is 1. The zero-order valence-corrected chi connectivity index (χ0v) is 18.5. The quantitative estimate of drug-likeness (QED) is 0.335. The minimum Gasteiger partial charge on any atom is -0.497 e. The molecule has 30 heavy (non-hydrogen) atoms. The lowest BCUT2D eigenvalue weighted by molar-refractivity contribution is -0.116. The van der Waals surface area contributed by atoms with Gasteiger partial charge >= 0.3 is 0 Å². The van der Waals surface area contributed by atoms with Crippen LogP contribution in [0.25, 0.3) is 10.2 Å². The summed E-state index contributed by atoms with van der Waals surface area (Å²) in [6.45, 7) is 0.408. The highest BCUT2D eigenvalue weighted by molar-refractivity contribution is 8.00. The second-order valence-electron chi connectivity index (χ2n) is 6.41. The smallest absolute Gasteiger partial charge is 0.239 e. The van der Waals surface area contributed by atoms with Gasteiger partial charge in [-0.15, -0.1) is 11.8 Å². The van der Waals surface area contributed by atoms with Crippen LogP contribution < -0.4 is 9.64 Å². The van der Waals surface area contributed by atoms with Crippen LogP contribution in [0.2, 0.25) is 5.02 Å². The summed E-state index contributed by atoms with van der Waals surface area (Å²) < 4.78 is 6.28. The van der Waals surface area contributed by atoms with E-state index in [0.717, 1.165) is 26.4 Å². The number of pyridine rings is 1. The van der Waals surface area contributed by atoms with Crippen LogP contribution in [0.4, 0.5) is 5.13 Å². The summed E-state index contributed by atoms with van der Waals surface area (Å²) in [6, 6.07) is 17.0. The Morgan fingerprint density at radius 2 is 2.03 bits per heavy atom. The highest BCUT2D eigenvalue weighted by Crippen LogP contribution is 2.33. The van der Waals surface area contributed by atoms with Crippen molar-refractivity contribution >= 4 is 56.0 Å². The number of thiazole rings is 1. The molecule has 0 aliphatic carbocycles. The van der Waals surface area contributed by atoms with Gasteiger partial charge in [0.05, 0.1) is 29.6 Å².